The lowest BCUT2D eigenvalue weighted by molar-refractivity contribution is 0.145. The lowest BCUT2D eigenvalue weighted by atomic mass is 9.70. The van der Waals surface area contributed by atoms with Gasteiger partial charge in [-0.2, -0.15) is 0 Å². The second-order valence-electron chi connectivity index (χ2n) is 7.61. The number of fused-ring (bicyclic) bond motifs is 1. The molecule has 1 saturated carbocycles. The maximum atomic E-state index is 5.48. The highest BCUT2D eigenvalue weighted by molar-refractivity contribution is 5.45. The van der Waals surface area contributed by atoms with Gasteiger partial charge in [0.2, 0.25) is 6.79 Å². The Bertz CT molecular complexity index is 512. The number of hydrogen-bond donors (Lipinski definition) is 1. The summed E-state index contributed by atoms with van der Waals surface area (Å²) < 4.78 is 10.9. The molecule has 1 N–H and O–H groups in total. The van der Waals surface area contributed by atoms with Crippen molar-refractivity contribution < 1.29 is 9.47 Å². The van der Waals surface area contributed by atoms with Crippen LogP contribution in [-0.4, -0.2) is 12.8 Å². The zero-order valence-corrected chi connectivity index (χ0v) is 13.6. The van der Waals surface area contributed by atoms with E-state index in [2.05, 4.69) is 45.1 Å². The van der Waals surface area contributed by atoms with Gasteiger partial charge < -0.3 is 14.8 Å². The van der Waals surface area contributed by atoms with Crippen LogP contribution >= 0.6 is 0 Å². The average molecular weight is 289 g/mol. The molecule has 116 valence electrons. The van der Waals surface area contributed by atoms with Gasteiger partial charge in [0.1, 0.15) is 0 Å². The van der Waals surface area contributed by atoms with Gasteiger partial charge in [0.25, 0.3) is 0 Å². The Morgan fingerprint density at radius 1 is 1.19 bits per heavy atom. The maximum Gasteiger partial charge on any atom is 0.231 e. The molecule has 1 aromatic rings. The third-order valence-electron chi connectivity index (χ3n) is 4.77. The molecule has 1 fully saturated rings. The summed E-state index contributed by atoms with van der Waals surface area (Å²) in [5.74, 6) is 2.53. The number of ether oxygens (including phenoxy) is 2. The SMILES string of the molecule is CC1CC(NC(C)c2ccc3c(c2)OCO3)CC(C)(C)C1. The van der Waals surface area contributed by atoms with Gasteiger partial charge in [-0.05, 0) is 55.2 Å². The highest BCUT2D eigenvalue weighted by Gasteiger charge is 2.32. The van der Waals surface area contributed by atoms with Crippen molar-refractivity contribution in [1.82, 2.24) is 5.32 Å². The zero-order chi connectivity index (χ0) is 15.0. The van der Waals surface area contributed by atoms with Crippen LogP contribution < -0.4 is 14.8 Å². The second-order valence-corrected chi connectivity index (χ2v) is 7.61. The Labute approximate surface area is 128 Å². The molecule has 3 nitrogen and oxygen atoms in total. The Morgan fingerprint density at radius 3 is 2.71 bits per heavy atom. The topological polar surface area (TPSA) is 30.5 Å². The molecule has 0 spiro atoms. The number of rotatable bonds is 3. The van der Waals surface area contributed by atoms with Gasteiger partial charge in [-0.3, -0.25) is 0 Å². The molecule has 3 atom stereocenters. The van der Waals surface area contributed by atoms with E-state index < -0.39 is 0 Å². The molecule has 3 unspecified atom stereocenters. The number of nitrogens with one attached hydrogen (secondary N) is 1. The van der Waals surface area contributed by atoms with Crippen molar-refractivity contribution in [1.29, 1.82) is 0 Å². The largest absolute Gasteiger partial charge is 0.454 e. The first kappa shape index (κ1) is 14.7. The van der Waals surface area contributed by atoms with E-state index in [9.17, 15) is 0 Å². The second kappa shape index (κ2) is 5.53. The molecule has 0 saturated heterocycles. The molecule has 0 bridgehead atoms. The van der Waals surface area contributed by atoms with Gasteiger partial charge in [0, 0.05) is 12.1 Å². The predicted octanol–water partition coefficient (Wildman–Crippen LogP) is 4.28. The minimum absolute atomic E-state index is 0.339. The molecule has 1 aromatic carbocycles. The predicted molar refractivity (Wildman–Crippen MR) is 84.7 cm³/mol. The van der Waals surface area contributed by atoms with Crippen LogP contribution in [0, 0.1) is 11.3 Å². The number of benzene rings is 1. The first-order valence-corrected chi connectivity index (χ1v) is 8.08. The standard InChI is InChI=1S/C18H27NO2/c1-12-7-15(10-18(3,4)9-12)19-13(2)14-5-6-16-17(8-14)21-11-20-16/h5-6,8,12-13,15,19H,7,9-11H2,1-4H3. The Hall–Kier alpha value is -1.22. The van der Waals surface area contributed by atoms with Crippen LogP contribution in [0.5, 0.6) is 11.5 Å². The van der Waals surface area contributed by atoms with Crippen molar-refractivity contribution in [3.63, 3.8) is 0 Å². The van der Waals surface area contributed by atoms with Crippen LogP contribution in [0.25, 0.3) is 0 Å². The smallest absolute Gasteiger partial charge is 0.231 e. The summed E-state index contributed by atoms with van der Waals surface area (Å²) in [4.78, 5) is 0. The van der Waals surface area contributed by atoms with Crippen molar-refractivity contribution in [2.75, 3.05) is 6.79 Å². The Morgan fingerprint density at radius 2 is 1.95 bits per heavy atom. The summed E-state index contributed by atoms with van der Waals surface area (Å²) in [6.07, 6.45) is 3.87. The fraction of sp³-hybridized carbons (Fsp3) is 0.667. The lowest BCUT2D eigenvalue weighted by Gasteiger charge is -2.40. The Balaban J connectivity index is 1.67. The van der Waals surface area contributed by atoms with Gasteiger partial charge in [-0.1, -0.05) is 26.8 Å². The molecule has 1 aliphatic carbocycles. The van der Waals surface area contributed by atoms with Crippen molar-refractivity contribution in [2.45, 2.75) is 59.0 Å². The summed E-state index contributed by atoms with van der Waals surface area (Å²) >= 11 is 0. The fourth-order valence-electron chi connectivity index (χ4n) is 4.11. The van der Waals surface area contributed by atoms with Crippen molar-refractivity contribution in [2.24, 2.45) is 11.3 Å². The zero-order valence-electron chi connectivity index (χ0n) is 13.6. The molecule has 3 rings (SSSR count). The van der Waals surface area contributed by atoms with Crippen LogP contribution in [-0.2, 0) is 0 Å². The summed E-state index contributed by atoms with van der Waals surface area (Å²) in [5, 5.41) is 3.82. The van der Waals surface area contributed by atoms with Gasteiger partial charge in [-0.15, -0.1) is 0 Å². The van der Waals surface area contributed by atoms with Crippen molar-refractivity contribution in [3.8, 4) is 11.5 Å². The summed E-state index contributed by atoms with van der Waals surface area (Å²) in [5.41, 5.74) is 1.72. The molecule has 1 heterocycles. The van der Waals surface area contributed by atoms with Crippen LogP contribution in [0.3, 0.4) is 0 Å². The fourth-order valence-corrected chi connectivity index (χ4v) is 4.11. The molecule has 0 amide bonds. The van der Waals surface area contributed by atoms with Crippen molar-refractivity contribution >= 4 is 0 Å². The lowest BCUT2D eigenvalue weighted by Crippen LogP contribution is -2.41. The first-order valence-electron chi connectivity index (χ1n) is 8.08. The van der Waals surface area contributed by atoms with E-state index in [-0.39, 0.29) is 0 Å². The minimum atomic E-state index is 0.339. The van der Waals surface area contributed by atoms with Crippen LogP contribution in [0.2, 0.25) is 0 Å². The third-order valence-corrected chi connectivity index (χ3v) is 4.77. The van der Waals surface area contributed by atoms with Crippen LogP contribution in [0.1, 0.15) is 58.6 Å². The quantitative estimate of drug-likeness (QED) is 0.901. The molecular weight excluding hydrogens is 262 g/mol. The van der Waals surface area contributed by atoms with Crippen molar-refractivity contribution in [3.05, 3.63) is 23.8 Å². The van der Waals surface area contributed by atoms with E-state index in [0.29, 0.717) is 24.3 Å². The third kappa shape index (κ3) is 3.34. The van der Waals surface area contributed by atoms with Gasteiger partial charge in [0.15, 0.2) is 11.5 Å². The minimum Gasteiger partial charge on any atom is -0.454 e. The average Bonchev–Trinajstić information content (AvgIpc) is 2.82. The van der Waals surface area contributed by atoms with E-state index in [0.717, 1.165) is 17.4 Å². The highest BCUT2D eigenvalue weighted by atomic mass is 16.7. The summed E-state index contributed by atoms with van der Waals surface area (Å²) in [7, 11) is 0. The molecule has 2 aliphatic rings. The monoisotopic (exact) mass is 289 g/mol. The van der Waals surface area contributed by atoms with Crippen LogP contribution in [0.4, 0.5) is 0 Å². The number of hydrogen-bond acceptors (Lipinski definition) is 3. The molecule has 21 heavy (non-hydrogen) atoms. The summed E-state index contributed by atoms with van der Waals surface area (Å²) in [6.45, 7) is 9.74. The van der Waals surface area contributed by atoms with E-state index >= 15 is 0 Å². The van der Waals surface area contributed by atoms with E-state index in [1.165, 1.54) is 24.8 Å². The van der Waals surface area contributed by atoms with Gasteiger partial charge in [-0.25, -0.2) is 0 Å². The Kier molecular flexibility index (Phi) is 3.87. The van der Waals surface area contributed by atoms with E-state index in [4.69, 9.17) is 9.47 Å². The van der Waals surface area contributed by atoms with Gasteiger partial charge >= 0.3 is 0 Å². The molecule has 1 aliphatic heterocycles. The van der Waals surface area contributed by atoms with Crippen LogP contribution in [0.15, 0.2) is 18.2 Å². The maximum absolute atomic E-state index is 5.48. The van der Waals surface area contributed by atoms with Gasteiger partial charge in [0.05, 0.1) is 0 Å². The van der Waals surface area contributed by atoms with E-state index in [1.54, 1.807) is 0 Å². The normalized spacial score (nSPS) is 28.4. The summed E-state index contributed by atoms with van der Waals surface area (Å²) in [6, 6.07) is 7.21. The molecule has 0 aromatic heterocycles. The van der Waals surface area contributed by atoms with E-state index in [1.807, 2.05) is 6.07 Å². The highest BCUT2D eigenvalue weighted by Crippen LogP contribution is 2.39. The molecule has 3 heteroatoms. The first-order chi connectivity index (χ1) is 9.93. The molecular formula is C18H27NO2. The molecule has 0 radical (unpaired) electrons.